The third-order valence-corrected chi connectivity index (χ3v) is 6.32. The van der Waals surface area contributed by atoms with E-state index in [1.807, 2.05) is 31.3 Å². The molecule has 0 atom stereocenters. The Bertz CT molecular complexity index is 674. The van der Waals surface area contributed by atoms with Gasteiger partial charge in [-0.1, -0.05) is 49.6 Å². The second-order valence-electron chi connectivity index (χ2n) is 7.04. The summed E-state index contributed by atoms with van der Waals surface area (Å²) in [7, 11) is 0. The summed E-state index contributed by atoms with van der Waals surface area (Å²) in [5.74, 6) is -0.0290. The van der Waals surface area contributed by atoms with E-state index in [9.17, 15) is 4.79 Å². The fraction of sp³-hybridized carbons (Fsp3) is 0.524. The van der Waals surface area contributed by atoms with Crippen LogP contribution in [0.2, 0.25) is 0 Å². The van der Waals surface area contributed by atoms with Crippen LogP contribution in [0.15, 0.2) is 36.5 Å². The predicted molar refractivity (Wildman–Crippen MR) is 103 cm³/mol. The van der Waals surface area contributed by atoms with Crippen LogP contribution in [0.4, 0.5) is 0 Å². The number of thiazole rings is 1. The molecular formula is C21H27NO2S. The number of aromatic nitrogens is 1. The Morgan fingerprint density at radius 1 is 1.20 bits per heavy atom. The first-order chi connectivity index (χ1) is 12.2. The van der Waals surface area contributed by atoms with Gasteiger partial charge in [0.05, 0.1) is 13.0 Å². The van der Waals surface area contributed by atoms with Crippen molar-refractivity contribution < 1.29 is 9.53 Å². The monoisotopic (exact) mass is 357 g/mol. The highest BCUT2D eigenvalue weighted by molar-refractivity contribution is 7.15. The maximum absolute atomic E-state index is 12.1. The Kier molecular flexibility index (Phi) is 6.24. The molecule has 0 radical (unpaired) electrons. The Morgan fingerprint density at radius 3 is 2.68 bits per heavy atom. The molecule has 2 aromatic rings. The fourth-order valence-electron chi connectivity index (χ4n) is 3.86. The van der Waals surface area contributed by atoms with Gasteiger partial charge in [-0.15, -0.1) is 11.3 Å². The molecule has 1 aliphatic carbocycles. The lowest BCUT2D eigenvalue weighted by atomic mass is 9.69. The van der Waals surface area contributed by atoms with Crippen LogP contribution in [0.1, 0.15) is 56.7 Å². The average molecular weight is 358 g/mol. The van der Waals surface area contributed by atoms with Gasteiger partial charge in [0.2, 0.25) is 0 Å². The molecule has 0 N–H and O–H groups in total. The van der Waals surface area contributed by atoms with Crippen LogP contribution < -0.4 is 0 Å². The highest BCUT2D eigenvalue weighted by Gasteiger charge is 2.34. The number of hydrogen-bond acceptors (Lipinski definition) is 4. The highest BCUT2D eigenvalue weighted by atomic mass is 32.1. The number of rotatable bonds is 7. The van der Waals surface area contributed by atoms with Crippen LogP contribution in [0.25, 0.3) is 10.6 Å². The van der Waals surface area contributed by atoms with E-state index in [1.165, 1.54) is 29.7 Å². The van der Waals surface area contributed by atoms with Crippen molar-refractivity contribution in [3.05, 3.63) is 41.4 Å². The first-order valence-electron chi connectivity index (χ1n) is 9.36. The second kappa shape index (κ2) is 8.61. The molecule has 1 aliphatic rings. The van der Waals surface area contributed by atoms with Crippen molar-refractivity contribution in [2.75, 3.05) is 6.61 Å². The van der Waals surface area contributed by atoms with Crippen LogP contribution in [0.3, 0.4) is 0 Å². The molecule has 3 nitrogen and oxygen atoms in total. The molecule has 1 fully saturated rings. The fourth-order valence-corrected chi connectivity index (χ4v) is 4.78. The predicted octanol–water partition coefficient (Wildman–Crippen LogP) is 5.65. The van der Waals surface area contributed by atoms with Crippen LogP contribution in [0.5, 0.6) is 0 Å². The van der Waals surface area contributed by atoms with Crippen molar-refractivity contribution in [1.29, 1.82) is 0 Å². The van der Waals surface area contributed by atoms with Crippen LogP contribution in [-0.4, -0.2) is 17.6 Å². The number of carbonyl (C=O) groups excluding carboxylic acids is 1. The van der Waals surface area contributed by atoms with E-state index in [0.717, 1.165) is 30.7 Å². The van der Waals surface area contributed by atoms with Crippen LogP contribution in [0, 0.1) is 5.41 Å². The summed E-state index contributed by atoms with van der Waals surface area (Å²) >= 11 is 1.78. The first-order valence-corrected chi connectivity index (χ1v) is 10.2. The van der Waals surface area contributed by atoms with Gasteiger partial charge in [0.15, 0.2) is 0 Å². The molecule has 3 rings (SSSR count). The zero-order chi connectivity index (χ0) is 17.5. The van der Waals surface area contributed by atoms with Gasteiger partial charge in [0, 0.05) is 16.6 Å². The molecule has 0 aliphatic heterocycles. The summed E-state index contributed by atoms with van der Waals surface area (Å²) < 4.78 is 5.23. The molecule has 1 saturated carbocycles. The van der Waals surface area contributed by atoms with Crippen molar-refractivity contribution in [2.45, 2.75) is 58.3 Å². The quantitative estimate of drug-likeness (QED) is 0.601. The number of nitrogens with zero attached hydrogens (tertiary/aromatic N) is 1. The third-order valence-electron chi connectivity index (χ3n) is 5.21. The maximum Gasteiger partial charge on any atom is 0.306 e. The molecule has 1 aromatic heterocycles. The van der Waals surface area contributed by atoms with Gasteiger partial charge < -0.3 is 4.74 Å². The topological polar surface area (TPSA) is 39.2 Å². The van der Waals surface area contributed by atoms with E-state index in [1.54, 1.807) is 11.3 Å². The van der Waals surface area contributed by atoms with E-state index in [4.69, 9.17) is 4.74 Å². The smallest absolute Gasteiger partial charge is 0.306 e. The lowest BCUT2D eigenvalue weighted by molar-refractivity contribution is -0.146. The van der Waals surface area contributed by atoms with Crippen molar-refractivity contribution in [1.82, 2.24) is 4.98 Å². The number of esters is 1. The Labute approximate surface area is 154 Å². The minimum atomic E-state index is -0.0290. The second-order valence-corrected chi connectivity index (χ2v) is 8.16. The Hall–Kier alpha value is -1.68. The lowest BCUT2D eigenvalue weighted by Gasteiger charge is -2.36. The van der Waals surface area contributed by atoms with E-state index in [0.29, 0.717) is 13.0 Å². The van der Waals surface area contributed by atoms with Crippen molar-refractivity contribution >= 4 is 17.3 Å². The zero-order valence-corrected chi connectivity index (χ0v) is 15.8. The lowest BCUT2D eigenvalue weighted by Crippen LogP contribution is -2.29. The van der Waals surface area contributed by atoms with E-state index in [2.05, 4.69) is 17.1 Å². The van der Waals surface area contributed by atoms with Crippen LogP contribution in [-0.2, 0) is 16.0 Å². The Balaban J connectivity index is 1.65. The van der Waals surface area contributed by atoms with E-state index < -0.39 is 0 Å². The summed E-state index contributed by atoms with van der Waals surface area (Å²) in [5, 5.41) is 1.08. The van der Waals surface area contributed by atoms with Gasteiger partial charge in [0.1, 0.15) is 5.01 Å². The standard InChI is InChI=1S/C21H27NO2S/c1-2-24-19(23)15-21(12-7-4-8-13-21)14-11-18-16-22-20(25-18)17-9-5-3-6-10-17/h3,5-6,9-10,16H,2,4,7-8,11-15H2,1H3. The summed E-state index contributed by atoms with van der Waals surface area (Å²) in [6.07, 6.45) is 10.7. The van der Waals surface area contributed by atoms with Crippen molar-refractivity contribution in [3.8, 4) is 10.6 Å². The Morgan fingerprint density at radius 2 is 1.96 bits per heavy atom. The minimum absolute atomic E-state index is 0.0290. The minimum Gasteiger partial charge on any atom is -0.466 e. The molecule has 25 heavy (non-hydrogen) atoms. The molecule has 0 unspecified atom stereocenters. The average Bonchev–Trinajstić information content (AvgIpc) is 3.11. The number of aryl methyl sites for hydroxylation is 1. The number of benzene rings is 1. The molecule has 0 amide bonds. The van der Waals surface area contributed by atoms with Crippen LogP contribution >= 0.6 is 11.3 Å². The van der Waals surface area contributed by atoms with E-state index in [-0.39, 0.29) is 11.4 Å². The SMILES string of the molecule is CCOC(=O)CC1(CCc2cnc(-c3ccccc3)s2)CCCCC1. The third kappa shape index (κ3) is 4.91. The highest BCUT2D eigenvalue weighted by Crippen LogP contribution is 2.43. The molecule has 4 heteroatoms. The van der Waals surface area contributed by atoms with Gasteiger partial charge in [-0.2, -0.15) is 0 Å². The molecule has 1 aromatic carbocycles. The number of hydrogen-bond donors (Lipinski definition) is 0. The first kappa shape index (κ1) is 18.1. The van der Waals surface area contributed by atoms with Gasteiger partial charge in [-0.3, -0.25) is 4.79 Å². The molecule has 0 bridgehead atoms. The van der Waals surface area contributed by atoms with Crippen molar-refractivity contribution in [2.24, 2.45) is 5.41 Å². The molecule has 134 valence electrons. The van der Waals surface area contributed by atoms with Gasteiger partial charge in [-0.05, 0) is 38.0 Å². The van der Waals surface area contributed by atoms with Gasteiger partial charge >= 0.3 is 5.97 Å². The summed E-state index contributed by atoms with van der Waals surface area (Å²) in [6, 6.07) is 10.3. The maximum atomic E-state index is 12.1. The molecule has 1 heterocycles. The van der Waals surface area contributed by atoms with Crippen molar-refractivity contribution in [3.63, 3.8) is 0 Å². The summed E-state index contributed by atoms with van der Waals surface area (Å²) in [4.78, 5) is 18.0. The number of carbonyl (C=O) groups is 1. The zero-order valence-electron chi connectivity index (χ0n) is 15.0. The molecular weight excluding hydrogens is 330 g/mol. The molecule has 0 saturated heterocycles. The molecule has 0 spiro atoms. The number of ether oxygens (including phenoxy) is 1. The van der Waals surface area contributed by atoms with Gasteiger partial charge in [0.25, 0.3) is 0 Å². The van der Waals surface area contributed by atoms with Gasteiger partial charge in [-0.25, -0.2) is 4.98 Å². The summed E-state index contributed by atoms with van der Waals surface area (Å²) in [5.41, 5.74) is 1.30. The van der Waals surface area contributed by atoms with E-state index >= 15 is 0 Å². The normalized spacial score (nSPS) is 16.5. The largest absolute Gasteiger partial charge is 0.466 e. The summed E-state index contributed by atoms with van der Waals surface area (Å²) in [6.45, 7) is 2.36.